The van der Waals surface area contributed by atoms with E-state index >= 15 is 0 Å². The number of hydrogen-bond acceptors (Lipinski definition) is 5. The Morgan fingerprint density at radius 3 is 2.06 bits per heavy atom. The van der Waals surface area contributed by atoms with Crippen LogP contribution in [0.5, 0.6) is 0 Å². The second-order valence-corrected chi connectivity index (χ2v) is 9.47. The molecule has 8 nitrogen and oxygen atoms in total. The minimum atomic E-state index is -0.617. The normalized spacial score (nSPS) is 13.2. The van der Waals surface area contributed by atoms with E-state index in [4.69, 9.17) is 20.9 Å². The third-order valence-electron chi connectivity index (χ3n) is 5.14. The van der Waals surface area contributed by atoms with Crippen molar-refractivity contribution in [2.45, 2.75) is 103 Å². The van der Waals surface area contributed by atoms with Gasteiger partial charge in [-0.2, -0.15) is 0 Å². The van der Waals surface area contributed by atoms with Crippen molar-refractivity contribution >= 4 is 17.9 Å². The van der Waals surface area contributed by atoms with Crippen LogP contribution in [-0.4, -0.2) is 35.7 Å². The highest BCUT2D eigenvalue weighted by Crippen LogP contribution is 2.14. The highest BCUT2D eigenvalue weighted by molar-refractivity contribution is 5.74. The first-order valence-electron chi connectivity index (χ1n) is 11.7. The van der Waals surface area contributed by atoms with Crippen molar-refractivity contribution < 1.29 is 23.9 Å². The van der Waals surface area contributed by atoms with Crippen molar-refractivity contribution in [1.82, 2.24) is 5.32 Å². The number of hydrogen-bond donors (Lipinski definition) is 3. The van der Waals surface area contributed by atoms with Gasteiger partial charge in [0.1, 0.15) is 5.60 Å². The molecule has 0 bridgehead atoms. The van der Waals surface area contributed by atoms with E-state index in [1.807, 2.05) is 19.1 Å². The van der Waals surface area contributed by atoms with Gasteiger partial charge in [-0.3, -0.25) is 9.59 Å². The summed E-state index contributed by atoms with van der Waals surface area (Å²) in [6.07, 6.45) is 5.10. The number of amides is 3. The van der Waals surface area contributed by atoms with Gasteiger partial charge in [-0.15, -0.1) is 0 Å². The second-order valence-electron chi connectivity index (χ2n) is 9.47. The summed E-state index contributed by atoms with van der Waals surface area (Å²) in [5, 5.41) is 2.80. The van der Waals surface area contributed by atoms with Crippen LogP contribution >= 0.6 is 0 Å². The number of rotatable bonds is 15. The Morgan fingerprint density at radius 1 is 0.909 bits per heavy atom. The van der Waals surface area contributed by atoms with Crippen LogP contribution in [-0.2, 0) is 32.1 Å². The fourth-order valence-electron chi connectivity index (χ4n) is 3.31. The van der Waals surface area contributed by atoms with Gasteiger partial charge in [0.25, 0.3) is 0 Å². The third-order valence-corrected chi connectivity index (χ3v) is 5.14. The van der Waals surface area contributed by atoms with Crippen LogP contribution in [0.25, 0.3) is 0 Å². The fraction of sp³-hybridized carbons (Fsp3) is 0.640. The van der Waals surface area contributed by atoms with E-state index in [9.17, 15) is 14.4 Å². The Kier molecular flexibility index (Phi) is 12.5. The fourth-order valence-corrected chi connectivity index (χ4v) is 3.31. The van der Waals surface area contributed by atoms with Gasteiger partial charge in [0, 0.05) is 12.8 Å². The number of carbonyl (C=O) groups is 3. The first-order valence-corrected chi connectivity index (χ1v) is 11.7. The molecule has 0 aliphatic carbocycles. The minimum Gasteiger partial charge on any atom is -0.444 e. The van der Waals surface area contributed by atoms with Crippen LogP contribution in [0.1, 0.15) is 83.8 Å². The quantitative estimate of drug-likeness (QED) is 0.341. The monoisotopic (exact) mass is 463 g/mol. The van der Waals surface area contributed by atoms with Crippen molar-refractivity contribution in [2.24, 2.45) is 11.5 Å². The SMILES string of the molecule is C[C@@H](OCc1ccc(CCCCCCC(N)=O)cc1)[C@H](CCC(N)=O)NC(=O)OC(C)(C)C. The molecule has 5 N–H and O–H groups in total. The number of primary amides is 2. The molecule has 186 valence electrons. The zero-order valence-corrected chi connectivity index (χ0v) is 20.5. The van der Waals surface area contributed by atoms with E-state index in [-0.39, 0.29) is 18.4 Å². The van der Waals surface area contributed by atoms with Crippen molar-refractivity contribution in [1.29, 1.82) is 0 Å². The van der Waals surface area contributed by atoms with Gasteiger partial charge >= 0.3 is 6.09 Å². The van der Waals surface area contributed by atoms with Crippen molar-refractivity contribution in [3.05, 3.63) is 35.4 Å². The number of ether oxygens (including phenoxy) is 2. The molecule has 0 saturated carbocycles. The molecular weight excluding hydrogens is 422 g/mol. The van der Waals surface area contributed by atoms with Gasteiger partial charge in [0.05, 0.1) is 18.8 Å². The predicted molar refractivity (Wildman–Crippen MR) is 128 cm³/mol. The lowest BCUT2D eigenvalue weighted by molar-refractivity contribution is -0.119. The van der Waals surface area contributed by atoms with Crippen LogP contribution in [0.4, 0.5) is 4.79 Å². The highest BCUT2D eigenvalue weighted by Gasteiger charge is 2.24. The molecule has 0 radical (unpaired) electrons. The maximum absolute atomic E-state index is 12.2. The van der Waals surface area contributed by atoms with Gasteiger partial charge in [-0.25, -0.2) is 4.79 Å². The van der Waals surface area contributed by atoms with Crippen LogP contribution in [0.3, 0.4) is 0 Å². The van der Waals surface area contributed by atoms with E-state index in [1.165, 1.54) is 5.56 Å². The average molecular weight is 464 g/mol. The van der Waals surface area contributed by atoms with Gasteiger partial charge in [0.15, 0.2) is 0 Å². The number of alkyl carbamates (subject to hydrolysis) is 1. The number of nitrogens with one attached hydrogen (secondary N) is 1. The summed E-state index contributed by atoms with van der Waals surface area (Å²) in [6.45, 7) is 7.61. The summed E-state index contributed by atoms with van der Waals surface area (Å²) in [5.74, 6) is -0.663. The van der Waals surface area contributed by atoms with Crippen molar-refractivity contribution in [3.63, 3.8) is 0 Å². The molecule has 0 spiro atoms. The number of unbranched alkanes of at least 4 members (excludes halogenated alkanes) is 3. The number of carbonyl (C=O) groups excluding carboxylic acids is 3. The maximum Gasteiger partial charge on any atom is 0.407 e. The van der Waals surface area contributed by atoms with E-state index < -0.39 is 23.6 Å². The molecule has 0 fully saturated rings. The number of benzene rings is 1. The Hall–Kier alpha value is -2.61. The summed E-state index contributed by atoms with van der Waals surface area (Å²) >= 11 is 0. The number of aryl methyl sites for hydroxylation is 1. The molecule has 33 heavy (non-hydrogen) atoms. The van der Waals surface area contributed by atoms with Crippen LogP contribution in [0, 0.1) is 0 Å². The van der Waals surface area contributed by atoms with Crippen LogP contribution < -0.4 is 16.8 Å². The van der Waals surface area contributed by atoms with E-state index in [0.717, 1.165) is 37.7 Å². The van der Waals surface area contributed by atoms with Gasteiger partial charge in [-0.1, -0.05) is 37.1 Å². The molecule has 8 heteroatoms. The molecule has 2 atom stereocenters. The zero-order valence-electron chi connectivity index (χ0n) is 20.5. The smallest absolute Gasteiger partial charge is 0.407 e. The molecular formula is C25H41N3O5. The van der Waals surface area contributed by atoms with E-state index in [0.29, 0.717) is 19.4 Å². The molecule has 0 saturated heterocycles. The van der Waals surface area contributed by atoms with Crippen LogP contribution in [0.15, 0.2) is 24.3 Å². The topological polar surface area (TPSA) is 134 Å². The lowest BCUT2D eigenvalue weighted by Gasteiger charge is -2.27. The van der Waals surface area contributed by atoms with Gasteiger partial charge in [-0.05, 0) is 64.5 Å². The molecule has 0 aliphatic rings. The molecule has 0 aromatic heterocycles. The Labute approximate surface area is 197 Å². The maximum atomic E-state index is 12.2. The average Bonchev–Trinajstić information content (AvgIpc) is 2.71. The molecule has 0 heterocycles. The summed E-state index contributed by atoms with van der Waals surface area (Å²) in [6, 6.07) is 7.86. The Balaban J connectivity index is 2.49. The summed E-state index contributed by atoms with van der Waals surface area (Å²) in [5.41, 5.74) is 12.1. The van der Waals surface area contributed by atoms with Crippen molar-refractivity contribution in [3.8, 4) is 0 Å². The molecule has 0 aliphatic heterocycles. The second kappa shape index (κ2) is 14.5. The van der Waals surface area contributed by atoms with Gasteiger partial charge in [0.2, 0.25) is 11.8 Å². The van der Waals surface area contributed by atoms with Crippen molar-refractivity contribution in [2.75, 3.05) is 0 Å². The first-order chi connectivity index (χ1) is 15.5. The summed E-state index contributed by atoms with van der Waals surface area (Å²) in [4.78, 5) is 34.1. The number of nitrogens with two attached hydrogens (primary N) is 2. The largest absolute Gasteiger partial charge is 0.444 e. The predicted octanol–water partition coefficient (Wildman–Crippen LogP) is 3.73. The van der Waals surface area contributed by atoms with Gasteiger partial charge < -0.3 is 26.3 Å². The zero-order chi connectivity index (χ0) is 24.9. The van der Waals surface area contributed by atoms with E-state index in [2.05, 4.69) is 17.4 Å². The Morgan fingerprint density at radius 2 is 1.48 bits per heavy atom. The Bertz CT molecular complexity index is 743. The molecule has 1 aromatic rings. The molecule has 1 rings (SSSR count). The molecule has 0 unspecified atom stereocenters. The standard InChI is InChI=1S/C25H41N3O5/c1-18(21(15-16-23(27)30)28-24(31)33-25(2,3)4)32-17-20-13-11-19(12-14-20)9-7-5-6-8-10-22(26)29/h11-14,18,21H,5-10,15-17H2,1-4H3,(H2,26,29)(H2,27,30)(H,28,31)/t18-,21+/m1/s1. The lowest BCUT2D eigenvalue weighted by atomic mass is 10.0. The van der Waals surface area contributed by atoms with E-state index in [1.54, 1.807) is 20.8 Å². The summed E-state index contributed by atoms with van der Waals surface area (Å²) < 4.78 is 11.3. The molecule has 1 aromatic carbocycles. The van der Waals surface area contributed by atoms with Crippen LogP contribution in [0.2, 0.25) is 0 Å². The third kappa shape index (κ3) is 14.2. The lowest BCUT2D eigenvalue weighted by Crippen LogP contribution is -2.45. The highest BCUT2D eigenvalue weighted by atomic mass is 16.6. The summed E-state index contributed by atoms with van der Waals surface area (Å²) in [7, 11) is 0. The minimum absolute atomic E-state index is 0.144. The first kappa shape index (κ1) is 28.4. The molecule has 3 amide bonds.